The summed E-state index contributed by atoms with van der Waals surface area (Å²) in [5.74, 6) is 0. The number of unbranched alkanes of at least 4 members (excludes halogenated alkanes) is 1. The lowest BCUT2D eigenvalue weighted by Crippen LogP contribution is -2.22. The Hall–Kier alpha value is -1.32. The van der Waals surface area contributed by atoms with Crippen molar-refractivity contribution >= 4 is 11.0 Å². The number of fused-ring (bicyclic) bond motifs is 1. The molecule has 2 aromatic rings. The van der Waals surface area contributed by atoms with Crippen LogP contribution in [0.3, 0.4) is 0 Å². The van der Waals surface area contributed by atoms with Crippen LogP contribution >= 0.6 is 0 Å². The van der Waals surface area contributed by atoms with Gasteiger partial charge in [-0.1, -0.05) is 18.2 Å². The van der Waals surface area contributed by atoms with Gasteiger partial charge in [0.25, 0.3) is 0 Å². The van der Waals surface area contributed by atoms with Crippen LogP contribution in [0.5, 0.6) is 0 Å². The van der Waals surface area contributed by atoms with E-state index in [1.165, 1.54) is 17.4 Å². The summed E-state index contributed by atoms with van der Waals surface area (Å²) in [4.78, 5) is 2.36. The van der Waals surface area contributed by atoms with Crippen molar-refractivity contribution in [2.45, 2.75) is 19.3 Å². The summed E-state index contributed by atoms with van der Waals surface area (Å²) >= 11 is 0. The lowest BCUT2D eigenvalue weighted by Gasteiger charge is -2.15. The molecule has 2 N–H and O–H groups in total. The average Bonchev–Trinajstić information content (AvgIpc) is 2.80. The van der Waals surface area contributed by atoms with Crippen LogP contribution in [0.25, 0.3) is 11.0 Å². The number of hydrogen-bond acceptors (Lipinski definition) is 3. The largest absolute Gasteiger partial charge is 0.464 e. The highest BCUT2D eigenvalue weighted by atomic mass is 16.3. The van der Waals surface area contributed by atoms with Crippen LogP contribution in [0.2, 0.25) is 0 Å². The van der Waals surface area contributed by atoms with E-state index in [0.717, 1.165) is 38.1 Å². The molecule has 0 radical (unpaired) electrons. The zero-order valence-electron chi connectivity index (χ0n) is 11.1. The first-order chi connectivity index (χ1) is 8.81. The summed E-state index contributed by atoms with van der Waals surface area (Å²) in [5, 5.41) is 1.24. The molecule has 0 aliphatic heterocycles. The molecule has 0 spiro atoms. The smallest absolute Gasteiger partial charge is 0.134 e. The van der Waals surface area contributed by atoms with Crippen LogP contribution in [0.4, 0.5) is 0 Å². The van der Waals surface area contributed by atoms with E-state index in [-0.39, 0.29) is 0 Å². The first-order valence-electron chi connectivity index (χ1n) is 6.65. The molecule has 0 saturated carbocycles. The molecule has 0 aliphatic rings. The summed E-state index contributed by atoms with van der Waals surface area (Å²) in [6.07, 6.45) is 5.21. The Morgan fingerprint density at radius 1 is 1.17 bits per heavy atom. The zero-order valence-corrected chi connectivity index (χ0v) is 11.1. The molecule has 0 fully saturated rings. The molecular formula is C15H22N2O. The minimum absolute atomic E-state index is 0.792. The van der Waals surface area contributed by atoms with Gasteiger partial charge in [0, 0.05) is 11.9 Å². The van der Waals surface area contributed by atoms with Crippen molar-refractivity contribution in [3.8, 4) is 0 Å². The molecule has 0 amide bonds. The Morgan fingerprint density at radius 3 is 2.83 bits per heavy atom. The first kappa shape index (κ1) is 13.1. The molecule has 0 unspecified atom stereocenters. The van der Waals surface area contributed by atoms with Gasteiger partial charge in [0.05, 0.1) is 6.26 Å². The second kappa shape index (κ2) is 6.57. The molecule has 1 heterocycles. The Bertz CT molecular complexity index is 478. The highest BCUT2D eigenvalue weighted by Crippen LogP contribution is 2.21. The normalized spacial score (nSPS) is 11.5. The number of hydrogen-bond donors (Lipinski definition) is 1. The second-order valence-corrected chi connectivity index (χ2v) is 4.81. The van der Waals surface area contributed by atoms with Gasteiger partial charge < -0.3 is 15.1 Å². The van der Waals surface area contributed by atoms with E-state index in [4.69, 9.17) is 10.2 Å². The Labute approximate surface area is 109 Å². The van der Waals surface area contributed by atoms with Crippen LogP contribution in [0, 0.1) is 0 Å². The van der Waals surface area contributed by atoms with Crippen LogP contribution in [-0.2, 0) is 6.42 Å². The molecule has 0 saturated heterocycles. The number of nitrogens with zero attached hydrogens (tertiary/aromatic N) is 1. The molecule has 98 valence electrons. The molecular weight excluding hydrogens is 224 g/mol. The average molecular weight is 246 g/mol. The summed E-state index contributed by atoms with van der Waals surface area (Å²) in [6.45, 7) is 2.97. The predicted octanol–water partition coefficient (Wildman–Crippen LogP) is 2.65. The summed E-state index contributed by atoms with van der Waals surface area (Å²) in [7, 11) is 2.17. The Balaban J connectivity index is 1.86. The SMILES string of the molecule is CN(CCCCN)CCc1coc2ccccc12. The van der Waals surface area contributed by atoms with Crippen molar-refractivity contribution in [3.63, 3.8) is 0 Å². The number of benzene rings is 1. The lowest BCUT2D eigenvalue weighted by molar-refractivity contribution is 0.331. The molecule has 3 heteroatoms. The van der Waals surface area contributed by atoms with E-state index in [9.17, 15) is 0 Å². The first-order valence-corrected chi connectivity index (χ1v) is 6.65. The molecule has 1 aromatic carbocycles. The molecule has 0 atom stereocenters. The van der Waals surface area contributed by atoms with Gasteiger partial charge in [-0.15, -0.1) is 0 Å². The maximum absolute atomic E-state index is 5.54. The van der Waals surface area contributed by atoms with Gasteiger partial charge in [-0.25, -0.2) is 0 Å². The number of para-hydroxylation sites is 1. The van der Waals surface area contributed by atoms with E-state index in [0.29, 0.717) is 0 Å². The minimum Gasteiger partial charge on any atom is -0.464 e. The van der Waals surface area contributed by atoms with Crippen molar-refractivity contribution < 1.29 is 4.42 Å². The van der Waals surface area contributed by atoms with Crippen molar-refractivity contribution in [1.29, 1.82) is 0 Å². The third-order valence-electron chi connectivity index (χ3n) is 3.32. The van der Waals surface area contributed by atoms with Crippen molar-refractivity contribution in [2.75, 3.05) is 26.7 Å². The minimum atomic E-state index is 0.792. The molecule has 0 bridgehead atoms. The van der Waals surface area contributed by atoms with Gasteiger partial charge in [0.2, 0.25) is 0 Å². The van der Waals surface area contributed by atoms with Gasteiger partial charge in [0.15, 0.2) is 0 Å². The highest BCUT2D eigenvalue weighted by molar-refractivity contribution is 5.80. The number of rotatable bonds is 7. The highest BCUT2D eigenvalue weighted by Gasteiger charge is 2.06. The quantitative estimate of drug-likeness (QED) is 0.764. The van der Waals surface area contributed by atoms with Crippen LogP contribution in [0.15, 0.2) is 34.9 Å². The Morgan fingerprint density at radius 2 is 2.00 bits per heavy atom. The second-order valence-electron chi connectivity index (χ2n) is 4.81. The predicted molar refractivity (Wildman–Crippen MR) is 75.7 cm³/mol. The van der Waals surface area contributed by atoms with Gasteiger partial charge in [-0.2, -0.15) is 0 Å². The number of nitrogens with two attached hydrogens (primary N) is 1. The monoisotopic (exact) mass is 246 g/mol. The van der Waals surface area contributed by atoms with Gasteiger partial charge in [-0.3, -0.25) is 0 Å². The van der Waals surface area contributed by atoms with Crippen LogP contribution < -0.4 is 5.73 Å². The van der Waals surface area contributed by atoms with Crippen molar-refractivity contribution in [1.82, 2.24) is 4.90 Å². The van der Waals surface area contributed by atoms with Gasteiger partial charge in [0.1, 0.15) is 5.58 Å². The summed E-state index contributed by atoms with van der Waals surface area (Å²) in [5.41, 5.74) is 7.78. The molecule has 0 aliphatic carbocycles. The summed E-state index contributed by atoms with van der Waals surface area (Å²) < 4.78 is 5.54. The van der Waals surface area contributed by atoms with E-state index >= 15 is 0 Å². The third-order valence-corrected chi connectivity index (χ3v) is 3.32. The van der Waals surface area contributed by atoms with Crippen molar-refractivity contribution in [2.24, 2.45) is 5.73 Å². The maximum atomic E-state index is 5.54. The van der Waals surface area contributed by atoms with E-state index in [1.807, 2.05) is 18.4 Å². The fraction of sp³-hybridized carbons (Fsp3) is 0.467. The van der Waals surface area contributed by atoms with E-state index in [2.05, 4.69) is 24.1 Å². The number of furan rings is 1. The standard InChI is InChI=1S/C15H22N2O/c1-17(10-5-4-9-16)11-8-13-12-18-15-7-3-2-6-14(13)15/h2-3,6-7,12H,4-5,8-11,16H2,1H3. The van der Waals surface area contributed by atoms with Gasteiger partial charge >= 0.3 is 0 Å². The zero-order chi connectivity index (χ0) is 12.8. The fourth-order valence-electron chi connectivity index (χ4n) is 2.18. The van der Waals surface area contributed by atoms with Crippen molar-refractivity contribution in [3.05, 3.63) is 36.1 Å². The third kappa shape index (κ3) is 3.34. The fourth-order valence-corrected chi connectivity index (χ4v) is 2.18. The maximum Gasteiger partial charge on any atom is 0.134 e. The van der Waals surface area contributed by atoms with E-state index < -0.39 is 0 Å². The Kier molecular flexibility index (Phi) is 4.79. The lowest BCUT2D eigenvalue weighted by atomic mass is 10.1. The molecule has 1 aromatic heterocycles. The molecule has 2 rings (SSSR count). The van der Waals surface area contributed by atoms with Crippen LogP contribution in [0.1, 0.15) is 18.4 Å². The van der Waals surface area contributed by atoms with Gasteiger partial charge in [-0.05, 0) is 51.0 Å². The van der Waals surface area contributed by atoms with E-state index in [1.54, 1.807) is 0 Å². The molecule has 18 heavy (non-hydrogen) atoms. The summed E-state index contributed by atoms with van der Waals surface area (Å²) in [6, 6.07) is 8.22. The molecule has 3 nitrogen and oxygen atoms in total. The number of likely N-dealkylation sites (N-methyl/N-ethyl adjacent to an activating group) is 1. The topological polar surface area (TPSA) is 42.4 Å². The van der Waals surface area contributed by atoms with Crippen LogP contribution in [-0.4, -0.2) is 31.6 Å².